The molecule has 0 radical (unpaired) electrons. The van der Waals surface area contributed by atoms with Gasteiger partial charge in [-0.2, -0.15) is 0 Å². The van der Waals surface area contributed by atoms with Crippen LogP contribution in [0.5, 0.6) is 5.75 Å². The lowest BCUT2D eigenvalue weighted by Crippen LogP contribution is -1.89. The third-order valence-electron chi connectivity index (χ3n) is 2.04. The summed E-state index contributed by atoms with van der Waals surface area (Å²) in [5, 5.41) is 3.56. The van der Waals surface area contributed by atoms with Crippen LogP contribution in [-0.4, -0.2) is 12.3 Å². The molecule has 2 rings (SSSR count). The second kappa shape index (κ2) is 4.13. The SMILES string of the molecule is COc1cc(F)c(Br)cc1-c1cc(N)no1. The third-order valence-corrected chi connectivity index (χ3v) is 2.64. The standard InChI is InChI=1S/C10H8BrFN2O2/c1-15-8-3-7(12)6(11)2-5(8)9-4-10(13)14-16-9/h2-4H,1H3,(H2,13,14). The average molecular weight is 287 g/mol. The van der Waals surface area contributed by atoms with Gasteiger partial charge in [-0.05, 0) is 22.0 Å². The summed E-state index contributed by atoms with van der Waals surface area (Å²) in [7, 11) is 1.45. The normalized spacial score (nSPS) is 10.4. The van der Waals surface area contributed by atoms with E-state index in [1.807, 2.05) is 0 Å². The minimum atomic E-state index is -0.409. The van der Waals surface area contributed by atoms with E-state index in [4.69, 9.17) is 15.0 Å². The fourth-order valence-electron chi connectivity index (χ4n) is 1.31. The van der Waals surface area contributed by atoms with Crippen molar-refractivity contribution in [2.75, 3.05) is 12.8 Å². The first-order valence-electron chi connectivity index (χ1n) is 4.37. The molecule has 6 heteroatoms. The molecule has 0 fully saturated rings. The Morgan fingerprint density at radius 2 is 2.19 bits per heavy atom. The van der Waals surface area contributed by atoms with Crippen molar-refractivity contribution in [1.82, 2.24) is 5.16 Å². The van der Waals surface area contributed by atoms with Crippen LogP contribution in [-0.2, 0) is 0 Å². The van der Waals surface area contributed by atoms with Crippen LogP contribution in [0.1, 0.15) is 0 Å². The van der Waals surface area contributed by atoms with Gasteiger partial charge in [-0.15, -0.1) is 0 Å². The molecule has 1 heterocycles. The molecule has 0 spiro atoms. The van der Waals surface area contributed by atoms with Crippen LogP contribution in [0.4, 0.5) is 10.2 Å². The Hall–Kier alpha value is -1.56. The number of benzene rings is 1. The Bertz CT molecular complexity index is 528. The fourth-order valence-corrected chi connectivity index (χ4v) is 1.65. The number of rotatable bonds is 2. The molecule has 0 aliphatic carbocycles. The van der Waals surface area contributed by atoms with E-state index in [1.165, 1.54) is 13.2 Å². The fraction of sp³-hybridized carbons (Fsp3) is 0.100. The molecular formula is C10H8BrFN2O2. The highest BCUT2D eigenvalue weighted by molar-refractivity contribution is 9.10. The average Bonchev–Trinajstić information content (AvgIpc) is 2.68. The van der Waals surface area contributed by atoms with Crippen LogP contribution in [0.25, 0.3) is 11.3 Å². The van der Waals surface area contributed by atoms with E-state index in [0.717, 1.165) is 0 Å². The van der Waals surface area contributed by atoms with Crippen molar-refractivity contribution in [3.63, 3.8) is 0 Å². The predicted molar refractivity (Wildman–Crippen MR) is 60.6 cm³/mol. The van der Waals surface area contributed by atoms with Crippen LogP contribution >= 0.6 is 15.9 Å². The van der Waals surface area contributed by atoms with Crippen LogP contribution in [0.2, 0.25) is 0 Å². The zero-order valence-corrected chi connectivity index (χ0v) is 9.92. The van der Waals surface area contributed by atoms with Gasteiger partial charge in [0.25, 0.3) is 0 Å². The second-order valence-electron chi connectivity index (χ2n) is 3.08. The lowest BCUT2D eigenvalue weighted by molar-refractivity contribution is 0.404. The Morgan fingerprint density at radius 3 is 2.75 bits per heavy atom. The van der Waals surface area contributed by atoms with Gasteiger partial charge < -0.3 is 15.0 Å². The summed E-state index contributed by atoms with van der Waals surface area (Å²) in [6.07, 6.45) is 0. The summed E-state index contributed by atoms with van der Waals surface area (Å²) < 4.78 is 23.6. The first-order valence-corrected chi connectivity index (χ1v) is 5.16. The topological polar surface area (TPSA) is 61.3 Å². The summed E-state index contributed by atoms with van der Waals surface area (Å²) >= 11 is 3.09. The molecular weight excluding hydrogens is 279 g/mol. The first kappa shape index (κ1) is 10.9. The van der Waals surface area contributed by atoms with Crippen molar-refractivity contribution in [1.29, 1.82) is 0 Å². The van der Waals surface area contributed by atoms with Gasteiger partial charge in [-0.3, -0.25) is 0 Å². The Kier molecular flexibility index (Phi) is 2.82. The van der Waals surface area contributed by atoms with E-state index in [0.29, 0.717) is 21.5 Å². The molecule has 0 amide bonds. The molecule has 84 valence electrons. The van der Waals surface area contributed by atoms with Gasteiger partial charge in [0.1, 0.15) is 11.6 Å². The lowest BCUT2D eigenvalue weighted by Gasteiger charge is -2.06. The number of nitrogen functional groups attached to an aromatic ring is 1. The smallest absolute Gasteiger partial charge is 0.172 e. The number of methoxy groups -OCH3 is 1. The van der Waals surface area contributed by atoms with Gasteiger partial charge in [0.2, 0.25) is 0 Å². The minimum Gasteiger partial charge on any atom is -0.496 e. The maximum Gasteiger partial charge on any atom is 0.172 e. The molecule has 0 bridgehead atoms. The molecule has 0 aliphatic heterocycles. The Labute approximate surface area is 99.3 Å². The van der Waals surface area contributed by atoms with Crippen molar-refractivity contribution >= 4 is 21.7 Å². The molecule has 4 nitrogen and oxygen atoms in total. The number of anilines is 1. The number of hydrogen-bond donors (Lipinski definition) is 1. The molecule has 2 aromatic rings. The summed E-state index contributed by atoms with van der Waals surface area (Å²) in [4.78, 5) is 0. The molecule has 1 aromatic heterocycles. The van der Waals surface area contributed by atoms with E-state index in [2.05, 4.69) is 21.1 Å². The van der Waals surface area contributed by atoms with Crippen molar-refractivity contribution in [2.24, 2.45) is 0 Å². The van der Waals surface area contributed by atoms with Crippen LogP contribution < -0.4 is 10.5 Å². The zero-order valence-electron chi connectivity index (χ0n) is 8.33. The molecule has 0 unspecified atom stereocenters. The van der Waals surface area contributed by atoms with Crippen LogP contribution in [0, 0.1) is 5.82 Å². The van der Waals surface area contributed by atoms with Crippen LogP contribution in [0.3, 0.4) is 0 Å². The molecule has 1 aromatic carbocycles. The van der Waals surface area contributed by atoms with Crippen LogP contribution in [0.15, 0.2) is 27.2 Å². The van der Waals surface area contributed by atoms with E-state index in [1.54, 1.807) is 12.1 Å². The molecule has 2 N–H and O–H groups in total. The van der Waals surface area contributed by atoms with Gasteiger partial charge >= 0.3 is 0 Å². The second-order valence-corrected chi connectivity index (χ2v) is 3.94. The third kappa shape index (κ3) is 1.88. The Balaban J connectivity index is 2.59. The maximum absolute atomic E-state index is 13.3. The highest BCUT2D eigenvalue weighted by Gasteiger charge is 2.14. The molecule has 0 aliphatic rings. The molecule has 16 heavy (non-hydrogen) atoms. The largest absolute Gasteiger partial charge is 0.496 e. The highest BCUT2D eigenvalue weighted by atomic mass is 79.9. The van der Waals surface area contributed by atoms with Crippen molar-refractivity contribution in [3.05, 3.63) is 28.5 Å². The summed E-state index contributed by atoms with van der Waals surface area (Å²) in [6.45, 7) is 0. The number of aromatic nitrogens is 1. The molecule has 0 atom stereocenters. The molecule has 0 saturated heterocycles. The van der Waals surface area contributed by atoms with Crippen molar-refractivity contribution in [3.8, 4) is 17.1 Å². The zero-order chi connectivity index (χ0) is 11.7. The number of hydrogen-bond acceptors (Lipinski definition) is 4. The Morgan fingerprint density at radius 1 is 1.44 bits per heavy atom. The number of nitrogens with zero attached hydrogens (tertiary/aromatic N) is 1. The predicted octanol–water partition coefficient (Wildman–Crippen LogP) is 2.83. The van der Waals surface area contributed by atoms with Gasteiger partial charge in [-0.25, -0.2) is 4.39 Å². The van der Waals surface area contributed by atoms with E-state index < -0.39 is 5.82 Å². The number of halogens is 2. The van der Waals surface area contributed by atoms with E-state index in [-0.39, 0.29) is 5.82 Å². The summed E-state index contributed by atoms with van der Waals surface area (Å²) in [6, 6.07) is 4.36. The number of ether oxygens (including phenoxy) is 1. The minimum absolute atomic E-state index is 0.262. The van der Waals surface area contributed by atoms with Gasteiger partial charge in [-0.1, -0.05) is 5.16 Å². The summed E-state index contributed by atoms with van der Waals surface area (Å²) in [5.41, 5.74) is 6.03. The lowest BCUT2D eigenvalue weighted by atomic mass is 10.1. The van der Waals surface area contributed by atoms with Gasteiger partial charge in [0.15, 0.2) is 11.6 Å². The van der Waals surface area contributed by atoms with Crippen molar-refractivity contribution < 1.29 is 13.7 Å². The summed E-state index contributed by atoms with van der Waals surface area (Å²) in [5.74, 6) is 0.637. The maximum atomic E-state index is 13.3. The first-order chi connectivity index (χ1) is 7.61. The number of nitrogens with two attached hydrogens (primary N) is 1. The van der Waals surface area contributed by atoms with Crippen molar-refractivity contribution in [2.45, 2.75) is 0 Å². The molecule has 0 saturated carbocycles. The monoisotopic (exact) mass is 286 g/mol. The highest BCUT2D eigenvalue weighted by Crippen LogP contribution is 2.34. The quantitative estimate of drug-likeness (QED) is 0.922. The van der Waals surface area contributed by atoms with E-state index >= 15 is 0 Å². The van der Waals surface area contributed by atoms with Gasteiger partial charge in [0.05, 0.1) is 17.1 Å². The van der Waals surface area contributed by atoms with E-state index in [9.17, 15) is 4.39 Å². The van der Waals surface area contributed by atoms with Gasteiger partial charge in [0, 0.05) is 12.1 Å².